The minimum Gasteiger partial charge on any atom is -0.371 e. The van der Waals surface area contributed by atoms with Crippen LogP contribution in [0.25, 0.3) is 33.3 Å². The lowest BCUT2D eigenvalue weighted by Crippen LogP contribution is -2.47. The van der Waals surface area contributed by atoms with Crippen molar-refractivity contribution in [2.24, 2.45) is 0 Å². The third-order valence-electron chi connectivity index (χ3n) is 6.61. The smallest absolute Gasteiger partial charge is 0.371 e. The van der Waals surface area contributed by atoms with Gasteiger partial charge in [0.25, 0.3) is 5.69 Å². The maximum Gasteiger partial charge on any atom is 0.608 e. The fourth-order valence-corrected chi connectivity index (χ4v) is 4.38. The first-order valence-electron chi connectivity index (χ1n) is 12.7. The van der Waals surface area contributed by atoms with Crippen LogP contribution in [0.5, 0.6) is 0 Å². The van der Waals surface area contributed by atoms with Crippen LogP contribution < -0.4 is 20.6 Å². The maximum absolute atomic E-state index is 13.8. The molecular formula is C31H19F7N2O4+2. The van der Waals surface area contributed by atoms with Crippen LogP contribution in [0.2, 0.25) is 0 Å². The summed E-state index contributed by atoms with van der Waals surface area (Å²) in [5.74, 6) is -8.92. The Bertz CT molecular complexity index is 2170. The van der Waals surface area contributed by atoms with Crippen LogP contribution in [0.1, 0.15) is 16.7 Å². The molecule has 6 nitrogen and oxygen atoms in total. The number of fused-ring (bicyclic) bond motifs is 2. The lowest BCUT2D eigenvalue weighted by molar-refractivity contribution is -0.625. The minimum atomic E-state index is -4.41. The minimum absolute atomic E-state index is 0.271. The molecule has 44 heavy (non-hydrogen) atoms. The Labute approximate surface area is 242 Å². The van der Waals surface area contributed by atoms with Crippen molar-refractivity contribution < 1.29 is 48.7 Å². The third-order valence-corrected chi connectivity index (χ3v) is 6.61. The Balaban J connectivity index is 0.000000175. The largest absolute Gasteiger partial charge is 0.608 e. The van der Waals surface area contributed by atoms with E-state index in [1.165, 1.54) is 22.9 Å². The molecule has 0 unspecified atom stereocenters. The number of aromatic nitrogens is 2. The zero-order valence-corrected chi connectivity index (χ0v) is 22.7. The Morgan fingerprint density at radius 2 is 1.14 bits per heavy atom. The molecule has 6 aromatic rings. The zero-order valence-electron chi connectivity index (χ0n) is 22.7. The topological polar surface area (TPSA) is 68.2 Å². The van der Waals surface area contributed by atoms with Gasteiger partial charge in [0.1, 0.15) is 0 Å². The predicted molar refractivity (Wildman–Crippen MR) is 142 cm³/mol. The normalized spacial score (nSPS) is 11.5. The molecule has 0 aliphatic carbocycles. The standard InChI is InChI=1S/C16H11F3NO2.C15H8F4NO2/c1-10-3-2-4-11-9-20(15(21)22-14(10)11)13-7-5-12(6-8-13)16(17,18)19;1-7-3-2-4-8-6-20(15(21)22-14(7)8)10-5-9(16)11(17)13(19)12(10)18/h2-9H,1H3;2-6H,1H3/q2*+1. The summed E-state index contributed by atoms with van der Waals surface area (Å²) in [7, 11) is 0. The van der Waals surface area contributed by atoms with Gasteiger partial charge in [-0.05, 0) is 49.2 Å². The van der Waals surface area contributed by atoms with Gasteiger partial charge in [-0.1, -0.05) is 33.4 Å². The molecule has 0 bridgehead atoms. The van der Waals surface area contributed by atoms with Gasteiger partial charge in [0.2, 0.25) is 17.3 Å². The van der Waals surface area contributed by atoms with Crippen LogP contribution in [0.4, 0.5) is 30.7 Å². The first-order chi connectivity index (χ1) is 20.8. The molecule has 2 aromatic heterocycles. The van der Waals surface area contributed by atoms with Crippen LogP contribution in [-0.2, 0) is 6.18 Å². The fourth-order valence-electron chi connectivity index (χ4n) is 4.38. The summed E-state index contributed by atoms with van der Waals surface area (Å²) in [5.41, 5.74) is 0.993. The SMILES string of the molecule is Cc1cccc2c[n+](-c3cc(F)c(F)c(F)c3F)c(=O)oc12.Cc1cccc2c[n+](-c3ccc(C(F)(F)F)cc3)c(=O)oc12. The quantitative estimate of drug-likeness (QED) is 0.0988. The molecule has 0 N–H and O–H groups in total. The Morgan fingerprint density at radius 3 is 1.66 bits per heavy atom. The summed E-state index contributed by atoms with van der Waals surface area (Å²) in [6.45, 7) is 3.52. The van der Waals surface area contributed by atoms with E-state index in [1.807, 2.05) is 19.1 Å². The van der Waals surface area contributed by atoms with Gasteiger partial charge in [-0.15, -0.1) is 0 Å². The van der Waals surface area contributed by atoms with Crippen molar-refractivity contribution >= 4 is 21.9 Å². The van der Waals surface area contributed by atoms with Gasteiger partial charge in [0, 0.05) is 12.1 Å². The molecule has 0 aliphatic heterocycles. The molecule has 224 valence electrons. The van der Waals surface area contributed by atoms with E-state index < -0.39 is 52.2 Å². The van der Waals surface area contributed by atoms with Crippen molar-refractivity contribution in [3.63, 3.8) is 0 Å². The second-order valence-electron chi connectivity index (χ2n) is 9.58. The molecule has 13 heteroatoms. The molecule has 0 spiro atoms. The number of hydrogen-bond acceptors (Lipinski definition) is 4. The molecule has 0 fully saturated rings. The third kappa shape index (κ3) is 5.68. The molecular weight excluding hydrogens is 597 g/mol. The molecule has 0 saturated heterocycles. The molecule has 6 rings (SSSR count). The Hall–Kier alpha value is -5.33. The number of aryl methyl sites for hydroxylation is 2. The van der Waals surface area contributed by atoms with Gasteiger partial charge in [-0.25, -0.2) is 13.2 Å². The van der Waals surface area contributed by atoms with Gasteiger partial charge in [0.15, 0.2) is 35.2 Å². The number of para-hydroxylation sites is 2. The van der Waals surface area contributed by atoms with Gasteiger partial charge in [0.05, 0.1) is 22.4 Å². The highest BCUT2D eigenvalue weighted by molar-refractivity contribution is 5.78. The summed E-state index contributed by atoms with van der Waals surface area (Å²) in [5, 5.41) is 1.11. The van der Waals surface area contributed by atoms with E-state index in [1.54, 1.807) is 37.4 Å². The number of hydrogen-bond donors (Lipinski definition) is 0. The lowest BCUT2D eigenvalue weighted by atomic mass is 10.1. The molecule has 4 aromatic carbocycles. The van der Waals surface area contributed by atoms with Gasteiger partial charge < -0.3 is 8.83 Å². The second-order valence-corrected chi connectivity index (χ2v) is 9.58. The van der Waals surface area contributed by atoms with E-state index in [2.05, 4.69) is 0 Å². The van der Waals surface area contributed by atoms with Gasteiger partial charge in [-0.2, -0.15) is 27.2 Å². The van der Waals surface area contributed by atoms with Crippen LogP contribution in [0.3, 0.4) is 0 Å². The van der Waals surface area contributed by atoms with Crippen LogP contribution in [-0.4, -0.2) is 0 Å². The summed E-state index contributed by atoms with van der Waals surface area (Å²) in [6.07, 6.45) is -1.69. The summed E-state index contributed by atoms with van der Waals surface area (Å²) < 4.78 is 103. The second kappa shape index (κ2) is 11.4. The average Bonchev–Trinajstić information content (AvgIpc) is 2.98. The number of nitrogens with zero attached hydrogens (tertiary/aromatic N) is 2. The van der Waals surface area contributed by atoms with Crippen LogP contribution in [0, 0.1) is 37.1 Å². The lowest BCUT2D eigenvalue weighted by Gasteiger charge is -2.05. The highest BCUT2D eigenvalue weighted by atomic mass is 19.4. The molecule has 0 aliphatic rings. The molecule has 0 saturated carbocycles. The van der Waals surface area contributed by atoms with Crippen molar-refractivity contribution in [3.05, 3.63) is 140 Å². The van der Waals surface area contributed by atoms with E-state index in [9.17, 15) is 40.3 Å². The average molecular weight is 616 g/mol. The van der Waals surface area contributed by atoms with Crippen molar-refractivity contribution in [1.29, 1.82) is 0 Å². The van der Waals surface area contributed by atoms with E-state index >= 15 is 0 Å². The number of benzene rings is 4. The summed E-state index contributed by atoms with van der Waals surface area (Å²) >= 11 is 0. The van der Waals surface area contributed by atoms with Gasteiger partial charge in [-0.3, -0.25) is 0 Å². The summed E-state index contributed by atoms with van der Waals surface area (Å²) in [4.78, 5) is 24.0. The van der Waals surface area contributed by atoms with Crippen molar-refractivity contribution in [2.45, 2.75) is 20.0 Å². The van der Waals surface area contributed by atoms with E-state index in [0.717, 1.165) is 17.7 Å². The predicted octanol–water partition coefficient (Wildman–Crippen LogP) is 6.33. The fraction of sp³-hybridized carbons (Fsp3) is 0.0968. The van der Waals surface area contributed by atoms with Crippen LogP contribution in [0.15, 0.2) is 97.5 Å². The number of halogens is 7. The first-order valence-corrected chi connectivity index (χ1v) is 12.7. The summed E-state index contributed by atoms with van der Waals surface area (Å²) in [6, 6.07) is 15.1. The van der Waals surface area contributed by atoms with E-state index in [4.69, 9.17) is 8.83 Å². The van der Waals surface area contributed by atoms with Crippen molar-refractivity contribution in [1.82, 2.24) is 0 Å². The monoisotopic (exact) mass is 616 g/mol. The highest BCUT2D eigenvalue weighted by Crippen LogP contribution is 2.29. The first kappa shape index (κ1) is 30.1. The molecule has 0 atom stereocenters. The van der Waals surface area contributed by atoms with Crippen molar-refractivity contribution in [3.8, 4) is 11.4 Å². The van der Waals surface area contributed by atoms with Gasteiger partial charge >= 0.3 is 17.7 Å². The Morgan fingerprint density at radius 1 is 0.636 bits per heavy atom. The number of rotatable bonds is 2. The molecule has 0 radical (unpaired) electrons. The van der Waals surface area contributed by atoms with Crippen molar-refractivity contribution in [2.75, 3.05) is 0 Å². The number of alkyl halides is 3. The zero-order chi connectivity index (χ0) is 31.9. The van der Waals surface area contributed by atoms with E-state index in [-0.39, 0.29) is 5.58 Å². The van der Waals surface area contributed by atoms with E-state index in [0.29, 0.717) is 38.2 Å². The molecule has 0 amide bonds. The van der Waals surface area contributed by atoms with Crippen LogP contribution >= 0.6 is 0 Å². The highest BCUT2D eigenvalue weighted by Gasteiger charge is 2.31. The maximum atomic E-state index is 13.8. The molecule has 2 heterocycles. The Kier molecular flexibility index (Phi) is 7.81.